The van der Waals surface area contributed by atoms with Gasteiger partial charge in [-0.1, -0.05) is 30.3 Å². The highest BCUT2D eigenvalue weighted by Gasteiger charge is 2.38. The molecule has 1 heterocycles. The van der Waals surface area contributed by atoms with Crippen molar-refractivity contribution in [3.8, 4) is 0 Å². The first-order valence-electron chi connectivity index (χ1n) is 7.13. The van der Waals surface area contributed by atoms with Crippen molar-refractivity contribution < 1.29 is 14.3 Å². The topological polar surface area (TPSA) is 38.8 Å². The van der Waals surface area contributed by atoms with Gasteiger partial charge in [-0.15, -0.1) is 0 Å². The third kappa shape index (κ3) is 3.51. The summed E-state index contributed by atoms with van der Waals surface area (Å²) in [6, 6.07) is 9.75. The summed E-state index contributed by atoms with van der Waals surface area (Å²) in [4.78, 5) is 14.1. The Hall–Kier alpha value is -1.55. The maximum absolute atomic E-state index is 12.3. The zero-order chi connectivity index (χ0) is 14.4. The van der Waals surface area contributed by atoms with Crippen molar-refractivity contribution in [3.05, 3.63) is 35.9 Å². The van der Waals surface area contributed by atoms with E-state index in [-0.39, 0.29) is 11.6 Å². The summed E-state index contributed by atoms with van der Waals surface area (Å²) in [5.41, 5.74) is 0.757. The fourth-order valence-electron chi connectivity index (χ4n) is 2.75. The second-order valence-corrected chi connectivity index (χ2v) is 5.58. The summed E-state index contributed by atoms with van der Waals surface area (Å²) in [5, 5.41) is 0. The molecule has 0 aliphatic carbocycles. The van der Waals surface area contributed by atoms with E-state index in [0.29, 0.717) is 13.2 Å². The van der Waals surface area contributed by atoms with Crippen molar-refractivity contribution in [1.82, 2.24) is 4.90 Å². The number of hydrogen-bond acceptors (Lipinski definition) is 3. The van der Waals surface area contributed by atoms with Crippen LogP contribution < -0.4 is 0 Å². The average Bonchev–Trinajstić information content (AvgIpc) is 2.46. The molecule has 0 saturated carbocycles. The average molecular weight is 277 g/mol. The number of rotatable bonds is 4. The standard InChI is InChI=1S/C16H23NO3/c1-16(13-19-2)10-6-7-11-17(16)15(18)20-12-14-8-4-3-5-9-14/h3-5,8-9H,6-7,10-13H2,1-2H3/t16-/m0/s1. The zero-order valence-corrected chi connectivity index (χ0v) is 12.3. The van der Waals surface area contributed by atoms with Crippen molar-refractivity contribution in [1.29, 1.82) is 0 Å². The number of piperidine rings is 1. The lowest BCUT2D eigenvalue weighted by Crippen LogP contribution is -2.55. The molecule has 1 aliphatic heterocycles. The van der Waals surface area contributed by atoms with E-state index in [1.54, 1.807) is 7.11 Å². The van der Waals surface area contributed by atoms with Crippen LogP contribution in [-0.2, 0) is 16.1 Å². The molecule has 4 heteroatoms. The van der Waals surface area contributed by atoms with Gasteiger partial charge in [0, 0.05) is 13.7 Å². The first-order valence-corrected chi connectivity index (χ1v) is 7.13. The van der Waals surface area contributed by atoms with Crippen LogP contribution in [0.15, 0.2) is 30.3 Å². The molecule has 1 fully saturated rings. The van der Waals surface area contributed by atoms with Crippen molar-refractivity contribution in [3.63, 3.8) is 0 Å². The van der Waals surface area contributed by atoms with Gasteiger partial charge in [-0.3, -0.25) is 0 Å². The van der Waals surface area contributed by atoms with Gasteiger partial charge in [0.25, 0.3) is 0 Å². The monoisotopic (exact) mass is 277 g/mol. The van der Waals surface area contributed by atoms with Gasteiger partial charge in [-0.05, 0) is 31.7 Å². The summed E-state index contributed by atoms with van der Waals surface area (Å²) in [5.74, 6) is 0. The SMILES string of the molecule is COC[C@]1(C)CCCCN1C(=O)OCc1ccccc1. The predicted octanol–water partition coefficient (Wildman–Crippen LogP) is 3.21. The van der Waals surface area contributed by atoms with Crippen molar-refractivity contribution in [2.45, 2.75) is 38.3 Å². The van der Waals surface area contributed by atoms with Gasteiger partial charge >= 0.3 is 6.09 Å². The van der Waals surface area contributed by atoms with E-state index in [2.05, 4.69) is 6.92 Å². The second kappa shape index (κ2) is 6.75. The number of carbonyl (C=O) groups is 1. The van der Waals surface area contributed by atoms with Crippen LogP contribution in [0.4, 0.5) is 4.79 Å². The Morgan fingerprint density at radius 1 is 1.30 bits per heavy atom. The summed E-state index contributed by atoms with van der Waals surface area (Å²) < 4.78 is 10.7. The van der Waals surface area contributed by atoms with Crippen molar-refractivity contribution in [2.24, 2.45) is 0 Å². The molecular formula is C16H23NO3. The molecule has 0 aromatic heterocycles. The van der Waals surface area contributed by atoms with Gasteiger partial charge in [-0.25, -0.2) is 4.79 Å². The van der Waals surface area contributed by atoms with Gasteiger partial charge in [0.05, 0.1) is 12.1 Å². The summed E-state index contributed by atoms with van der Waals surface area (Å²) >= 11 is 0. The molecule has 1 aliphatic rings. The minimum Gasteiger partial charge on any atom is -0.445 e. The Labute approximate surface area is 120 Å². The van der Waals surface area contributed by atoms with Gasteiger partial charge in [0.15, 0.2) is 0 Å². The Morgan fingerprint density at radius 3 is 2.75 bits per heavy atom. The molecule has 1 aromatic rings. The van der Waals surface area contributed by atoms with Crippen LogP contribution in [0.1, 0.15) is 31.7 Å². The smallest absolute Gasteiger partial charge is 0.410 e. The van der Waals surface area contributed by atoms with Crippen molar-refractivity contribution in [2.75, 3.05) is 20.3 Å². The number of hydrogen-bond donors (Lipinski definition) is 0. The van der Waals surface area contributed by atoms with E-state index in [4.69, 9.17) is 9.47 Å². The van der Waals surface area contributed by atoms with Gasteiger partial charge in [-0.2, -0.15) is 0 Å². The lowest BCUT2D eigenvalue weighted by atomic mass is 9.89. The van der Waals surface area contributed by atoms with Crippen LogP contribution in [-0.4, -0.2) is 36.8 Å². The van der Waals surface area contributed by atoms with Gasteiger partial charge in [0.1, 0.15) is 6.61 Å². The van der Waals surface area contributed by atoms with Crippen molar-refractivity contribution >= 4 is 6.09 Å². The normalized spacial score (nSPS) is 22.6. The highest BCUT2D eigenvalue weighted by atomic mass is 16.6. The molecule has 1 aromatic carbocycles. The predicted molar refractivity (Wildman–Crippen MR) is 77.5 cm³/mol. The molecule has 0 spiro atoms. The van der Waals surface area contributed by atoms with E-state index in [1.165, 1.54) is 0 Å². The molecule has 110 valence electrons. The number of likely N-dealkylation sites (tertiary alicyclic amines) is 1. The largest absolute Gasteiger partial charge is 0.445 e. The minimum absolute atomic E-state index is 0.242. The molecular weight excluding hydrogens is 254 g/mol. The molecule has 0 unspecified atom stereocenters. The van der Waals surface area contributed by atoms with E-state index in [1.807, 2.05) is 35.2 Å². The van der Waals surface area contributed by atoms with Crippen LogP contribution in [0.2, 0.25) is 0 Å². The van der Waals surface area contributed by atoms with Crippen LogP contribution >= 0.6 is 0 Å². The fraction of sp³-hybridized carbons (Fsp3) is 0.562. The molecule has 1 atom stereocenters. The number of nitrogens with zero attached hydrogens (tertiary/aromatic N) is 1. The van der Waals surface area contributed by atoms with E-state index in [0.717, 1.165) is 31.4 Å². The number of ether oxygens (including phenoxy) is 2. The summed E-state index contributed by atoms with van der Waals surface area (Å²) in [7, 11) is 1.67. The minimum atomic E-state index is -0.249. The number of amides is 1. The molecule has 4 nitrogen and oxygen atoms in total. The fourth-order valence-corrected chi connectivity index (χ4v) is 2.75. The Bertz CT molecular complexity index is 431. The lowest BCUT2D eigenvalue weighted by Gasteiger charge is -2.43. The van der Waals surface area contributed by atoms with Gasteiger partial charge < -0.3 is 14.4 Å². The second-order valence-electron chi connectivity index (χ2n) is 5.58. The quantitative estimate of drug-likeness (QED) is 0.848. The highest BCUT2D eigenvalue weighted by molar-refractivity contribution is 5.69. The van der Waals surface area contributed by atoms with Crippen LogP contribution in [0.3, 0.4) is 0 Å². The molecule has 0 N–H and O–H groups in total. The van der Waals surface area contributed by atoms with Gasteiger partial charge in [0.2, 0.25) is 0 Å². The zero-order valence-electron chi connectivity index (χ0n) is 12.3. The first-order chi connectivity index (χ1) is 9.65. The Balaban J connectivity index is 1.96. The van der Waals surface area contributed by atoms with E-state index >= 15 is 0 Å². The molecule has 0 bridgehead atoms. The van der Waals surface area contributed by atoms with Crippen LogP contribution in [0.5, 0.6) is 0 Å². The molecule has 1 saturated heterocycles. The number of methoxy groups -OCH3 is 1. The van der Waals surface area contributed by atoms with E-state index < -0.39 is 0 Å². The van der Waals surface area contributed by atoms with Crippen LogP contribution in [0, 0.1) is 0 Å². The third-order valence-corrected chi connectivity index (χ3v) is 3.88. The summed E-state index contributed by atoms with van der Waals surface area (Å²) in [6.45, 7) is 3.68. The number of carbonyl (C=O) groups excluding carboxylic acids is 1. The molecule has 2 rings (SSSR count). The maximum atomic E-state index is 12.3. The Morgan fingerprint density at radius 2 is 2.05 bits per heavy atom. The van der Waals surface area contributed by atoms with E-state index in [9.17, 15) is 4.79 Å². The molecule has 20 heavy (non-hydrogen) atoms. The molecule has 0 radical (unpaired) electrons. The number of benzene rings is 1. The third-order valence-electron chi connectivity index (χ3n) is 3.88. The summed E-state index contributed by atoms with van der Waals surface area (Å²) in [6.07, 6.45) is 2.87. The highest BCUT2D eigenvalue weighted by Crippen LogP contribution is 2.29. The molecule has 1 amide bonds. The lowest BCUT2D eigenvalue weighted by molar-refractivity contribution is -0.00908. The maximum Gasteiger partial charge on any atom is 0.410 e. The van der Waals surface area contributed by atoms with Crippen LogP contribution in [0.25, 0.3) is 0 Å². The Kier molecular flexibility index (Phi) is 5.01. The first kappa shape index (κ1) is 14.9.